The van der Waals surface area contributed by atoms with Crippen molar-refractivity contribution in [1.82, 2.24) is 9.97 Å². The molecule has 0 unspecified atom stereocenters. The average molecular weight is 306 g/mol. The van der Waals surface area contributed by atoms with Gasteiger partial charge in [0.25, 0.3) is 0 Å². The van der Waals surface area contributed by atoms with Gasteiger partial charge in [-0.3, -0.25) is 5.43 Å². The van der Waals surface area contributed by atoms with Crippen LogP contribution in [0.25, 0.3) is 11.0 Å². The van der Waals surface area contributed by atoms with E-state index in [0.717, 1.165) is 33.8 Å². The van der Waals surface area contributed by atoms with E-state index in [-0.39, 0.29) is 0 Å². The van der Waals surface area contributed by atoms with Crippen LogP contribution in [0.4, 0.5) is 5.82 Å². The number of hydrazone groups is 1. The summed E-state index contributed by atoms with van der Waals surface area (Å²) in [6.07, 6.45) is 0. The standard InChI is InChI=1S/C18H18N4O/c1-12(14-8-10-15(23-3)11-9-14)21-22-18-13(2)19-16-6-4-5-7-17(16)20-18/h4-11H,1-3H3,(H,20,22). The predicted octanol–water partition coefficient (Wildman–Crippen LogP) is 3.78. The molecular weight excluding hydrogens is 288 g/mol. The Bertz CT molecular complexity index is 857. The van der Waals surface area contributed by atoms with Crippen molar-refractivity contribution in [2.75, 3.05) is 12.5 Å². The number of nitrogens with one attached hydrogen (secondary N) is 1. The first-order valence-electron chi connectivity index (χ1n) is 7.35. The molecule has 1 N–H and O–H groups in total. The molecule has 0 aliphatic carbocycles. The Hall–Kier alpha value is -2.95. The minimum Gasteiger partial charge on any atom is -0.497 e. The molecule has 0 aliphatic heterocycles. The number of anilines is 1. The van der Waals surface area contributed by atoms with Crippen molar-refractivity contribution in [3.05, 3.63) is 59.8 Å². The maximum atomic E-state index is 5.16. The number of fused-ring (bicyclic) bond motifs is 1. The van der Waals surface area contributed by atoms with Crippen LogP contribution in [0.5, 0.6) is 5.75 Å². The molecule has 1 heterocycles. The Morgan fingerprint density at radius 2 is 1.65 bits per heavy atom. The summed E-state index contributed by atoms with van der Waals surface area (Å²) >= 11 is 0. The van der Waals surface area contributed by atoms with Crippen molar-refractivity contribution in [2.45, 2.75) is 13.8 Å². The number of aromatic nitrogens is 2. The molecule has 1 aromatic heterocycles. The van der Waals surface area contributed by atoms with Crippen molar-refractivity contribution in [3.8, 4) is 5.75 Å². The second-order valence-corrected chi connectivity index (χ2v) is 5.18. The molecule has 2 aromatic carbocycles. The van der Waals surface area contributed by atoms with Gasteiger partial charge in [-0.05, 0) is 55.8 Å². The summed E-state index contributed by atoms with van der Waals surface area (Å²) in [7, 11) is 1.65. The molecule has 0 radical (unpaired) electrons. The van der Waals surface area contributed by atoms with Gasteiger partial charge < -0.3 is 4.74 Å². The largest absolute Gasteiger partial charge is 0.497 e. The summed E-state index contributed by atoms with van der Waals surface area (Å²) < 4.78 is 5.16. The monoisotopic (exact) mass is 306 g/mol. The first-order valence-corrected chi connectivity index (χ1v) is 7.35. The SMILES string of the molecule is COc1ccc(C(C)=NNc2nc3ccccc3nc2C)cc1. The quantitative estimate of drug-likeness (QED) is 0.588. The molecule has 0 saturated carbocycles. The highest BCUT2D eigenvalue weighted by molar-refractivity contribution is 5.99. The van der Waals surface area contributed by atoms with Gasteiger partial charge in [0.05, 0.1) is 29.5 Å². The van der Waals surface area contributed by atoms with Crippen LogP contribution < -0.4 is 10.2 Å². The maximum absolute atomic E-state index is 5.16. The topological polar surface area (TPSA) is 59.4 Å². The number of ether oxygens (including phenoxy) is 1. The Balaban J connectivity index is 1.84. The zero-order chi connectivity index (χ0) is 16.2. The fraction of sp³-hybridized carbons (Fsp3) is 0.167. The van der Waals surface area contributed by atoms with Gasteiger partial charge in [-0.25, -0.2) is 9.97 Å². The van der Waals surface area contributed by atoms with E-state index in [1.54, 1.807) is 7.11 Å². The van der Waals surface area contributed by atoms with Crippen LogP contribution in [0.3, 0.4) is 0 Å². The van der Waals surface area contributed by atoms with E-state index in [0.29, 0.717) is 5.82 Å². The van der Waals surface area contributed by atoms with Crippen LogP contribution in [-0.2, 0) is 0 Å². The summed E-state index contributed by atoms with van der Waals surface area (Å²) in [5, 5.41) is 4.41. The lowest BCUT2D eigenvalue weighted by atomic mass is 10.1. The van der Waals surface area contributed by atoms with E-state index in [2.05, 4.69) is 20.5 Å². The highest BCUT2D eigenvalue weighted by atomic mass is 16.5. The molecule has 0 bridgehead atoms. The van der Waals surface area contributed by atoms with Crippen LogP contribution >= 0.6 is 0 Å². The van der Waals surface area contributed by atoms with Crippen LogP contribution in [0.15, 0.2) is 53.6 Å². The van der Waals surface area contributed by atoms with Crippen molar-refractivity contribution < 1.29 is 4.74 Å². The molecule has 0 amide bonds. The van der Waals surface area contributed by atoms with E-state index in [1.807, 2.05) is 62.4 Å². The molecule has 0 fully saturated rings. The summed E-state index contributed by atoms with van der Waals surface area (Å²) in [6.45, 7) is 3.86. The van der Waals surface area contributed by atoms with Crippen molar-refractivity contribution >= 4 is 22.6 Å². The van der Waals surface area contributed by atoms with Gasteiger partial charge in [0, 0.05) is 0 Å². The molecular formula is C18H18N4O. The van der Waals surface area contributed by atoms with E-state index in [9.17, 15) is 0 Å². The fourth-order valence-corrected chi connectivity index (χ4v) is 2.23. The zero-order valence-corrected chi connectivity index (χ0v) is 13.4. The van der Waals surface area contributed by atoms with Crippen molar-refractivity contribution in [2.24, 2.45) is 5.10 Å². The lowest BCUT2D eigenvalue weighted by Gasteiger charge is -2.07. The average Bonchev–Trinajstić information content (AvgIpc) is 2.59. The van der Waals surface area contributed by atoms with Gasteiger partial charge in [0.2, 0.25) is 0 Å². The molecule has 23 heavy (non-hydrogen) atoms. The van der Waals surface area contributed by atoms with E-state index in [1.165, 1.54) is 0 Å². The van der Waals surface area contributed by atoms with Crippen LogP contribution in [0.2, 0.25) is 0 Å². The second kappa shape index (κ2) is 6.44. The maximum Gasteiger partial charge on any atom is 0.168 e. The number of para-hydroxylation sites is 2. The third kappa shape index (κ3) is 3.29. The summed E-state index contributed by atoms with van der Waals surface area (Å²) in [4.78, 5) is 9.11. The van der Waals surface area contributed by atoms with E-state index in [4.69, 9.17) is 4.74 Å². The van der Waals surface area contributed by atoms with E-state index >= 15 is 0 Å². The first-order chi connectivity index (χ1) is 11.2. The van der Waals surface area contributed by atoms with Gasteiger partial charge in [-0.15, -0.1) is 0 Å². The fourth-order valence-electron chi connectivity index (χ4n) is 2.23. The zero-order valence-electron chi connectivity index (χ0n) is 13.4. The lowest BCUT2D eigenvalue weighted by Crippen LogP contribution is -2.03. The summed E-state index contributed by atoms with van der Waals surface area (Å²) in [5.41, 5.74) is 7.44. The van der Waals surface area contributed by atoms with E-state index < -0.39 is 0 Å². The first kappa shape index (κ1) is 15.0. The highest BCUT2D eigenvalue weighted by Gasteiger charge is 2.04. The van der Waals surface area contributed by atoms with Gasteiger partial charge in [-0.1, -0.05) is 12.1 Å². The van der Waals surface area contributed by atoms with Crippen LogP contribution in [0.1, 0.15) is 18.2 Å². The smallest absolute Gasteiger partial charge is 0.168 e. The Labute approximate surface area is 135 Å². The summed E-state index contributed by atoms with van der Waals surface area (Å²) in [5.74, 6) is 1.49. The van der Waals surface area contributed by atoms with Crippen LogP contribution in [-0.4, -0.2) is 22.8 Å². The number of nitrogens with zero attached hydrogens (tertiary/aromatic N) is 3. The Kier molecular flexibility index (Phi) is 4.19. The predicted molar refractivity (Wildman–Crippen MR) is 93.1 cm³/mol. The van der Waals surface area contributed by atoms with Crippen molar-refractivity contribution in [3.63, 3.8) is 0 Å². The molecule has 3 aromatic rings. The third-order valence-corrected chi connectivity index (χ3v) is 3.58. The highest BCUT2D eigenvalue weighted by Crippen LogP contribution is 2.16. The Morgan fingerprint density at radius 1 is 1.00 bits per heavy atom. The Morgan fingerprint density at radius 3 is 2.30 bits per heavy atom. The molecule has 0 saturated heterocycles. The van der Waals surface area contributed by atoms with Gasteiger partial charge >= 0.3 is 0 Å². The molecule has 0 aliphatic rings. The normalized spacial score (nSPS) is 11.5. The minimum absolute atomic E-state index is 0.663. The number of benzene rings is 2. The number of hydrogen-bond donors (Lipinski definition) is 1. The van der Waals surface area contributed by atoms with Crippen molar-refractivity contribution in [1.29, 1.82) is 0 Å². The third-order valence-electron chi connectivity index (χ3n) is 3.58. The number of aryl methyl sites for hydroxylation is 1. The molecule has 3 rings (SSSR count). The van der Waals surface area contributed by atoms with Gasteiger partial charge in [0.1, 0.15) is 5.75 Å². The molecule has 5 nitrogen and oxygen atoms in total. The number of hydrogen-bond acceptors (Lipinski definition) is 5. The van der Waals surface area contributed by atoms with Gasteiger partial charge in [-0.2, -0.15) is 5.10 Å². The van der Waals surface area contributed by atoms with Gasteiger partial charge in [0.15, 0.2) is 5.82 Å². The number of methoxy groups -OCH3 is 1. The number of rotatable bonds is 4. The van der Waals surface area contributed by atoms with Crippen LogP contribution in [0, 0.1) is 6.92 Å². The summed E-state index contributed by atoms with van der Waals surface area (Å²) in [6, 6.07) is 15.6. The molecule has 0 spiro atoms. The lowest BCUT2D eigenvalue weighted by molar-refractivity contribution is 0.415. The molecule has 0 atom stereocenters. The minimum atomic E-state index is 0.663. The second-order valence-electron chi connectivity index (χ2n) is 5.18. The molecule has 116 valence electrons. The molecule has 5 heteroatoms.